The molecule has 0 atom stereocenters. The predicted molar refractivity (Wildman–Crippen MR) is 94.0 cm³/mol. The number of carbonyl (C=O) groups is 1. The zero-order valence-corrected chi connectivity index (χ0v) is 13.8. The highest BCUT2D eigenvalue weighted by molar-refractivity contribution is 6.05. The number of halogens is 2. The average molecular weight is 341 g/mol. The van der Waals surface area contributed by atoms with Crippen LogP contribution in [0.1, 0.15) is 28.5 Å². The molecule has 3 rings (SSSR count). The van der Waals surface area contributed by atoms with E-state index in [1.54, 1.807) is 13.8 Å². The maximum absolute atomic E-state index is 13.7. The fourth-order valence-corrected chi connectivity index (χ4v) is 3.03. The zero-order chi connectivity index (χ0) is 18.3. The van der Waals surface area contributed by atoms with Gasteiger partial charge in [-0.25, -0.2) is 8.78 Å². The molecule has 0 saturated carbocycles. The number of nitrogens with one attached hydrogen (secondary N) is 2. The number of carbonyl (C=O) groups excluding carboxylic acids is 1. The first kappa shape index (κ1) is 16.8. The van der Waals surface area contributed by atoms with Gasteiger partial charge in [0.25, 0.3) is 5.91 Å². The summed E-state index contributed by atoms with van der Waals surface area (Å²) < 4.78 is 27.0. The van der Waals surface area contributed by atoms with Gasteiger partial charge in [0.2, 0.25) is 0 Å². The first-order valence-electron chi connectivity index (χ1n) is 7.72. The zero-order valence-electron chi connectivity index (χ0n) is 13.8. The predicted octanol–water partition coefficient (Wildman–Crippen LogP) is 4.10. The quantitative estimate of drug-likeness (QED) is 0.613. The standard InChI is InChI=1S/C19H17F2N3O/c1-9(22)5-11-6-13-10(2)17(19(23)25)24-18(13)14(7-11)12-3-4-15(20)16(21)8-12/h3-4,6-8,22,24H,5H2,1-2H3,(H2,23,25). The van der Waals surface area contributed by atoms with Gasteiger partial charge in [0.15, 0.2) is 11.6 Å². The van der Waals surface area contributed by atoms with E-state index in [4.69, 9.17) is 11.1 Å². The molecule has 0 saturated heterocycles. The van der Waals surface area contributed by atoms with Gasteiger partial charge < -0.3 is 16.1 Å². The molecule has 6 heteroatoms. The van der Waals surface area contributed by atoms with Gasteiger partial charge in [0, 0.05) is 23.1 Å². The maximum Gasteiger partial charge on any atom is 0.265 e. The van der Waals surface area contributed by atoms with Gasteiger partial charge in [-0.15, -0.1) is 0 Å². The number of benzene rings is 2. The number of aromatic amines is 1. The van der Waals surface area contributed by atoms with E-state index in [2.05, 4.69) is 4.98 Å². The SMILES string of the molecule is CC(=N)Cc1cc(-c2ccc(F)c(F)c2)c2[nH]c(C(N)=O)c(C)c2c1. The van der Waals surface area contributed by atoms with Crippen LogP contribution in [0.4, 0.5) is 8.78 Å². The first-order chi connectivity index (χ1) is 11.8. The summed E-state index contributed by atoms with van der Waals surface area (Å²) in [5, 5.41) is 8.48. The molecule has 0 aliphatic carbocycles. The van der Waals surface area contributed by atoms with Crippen LogP contribution < -0.4 is 5.73 Å². The van der Waals surface area contributed by atoms with Crippen LogP contribution in [0.5, 0.6) is 0 Å². The Bertz CT molecular complexity index is 1020. The first-order valence-corrected chi connectivity index (χ1v) is 7.72. The minimum atomic E-state index is -0.947. The summed E-state index contributed by atoms with van der Waals surface area (Å²) in [6.07, 6.45) is 0.420. The highest BCUT2D eigenvalue weighted by Crippen LogP contribution is 2.33. The van der Waals surface area contributed by atoms with Gasteiger partial charge in [-0.1, -0.05) is 6.07 Å². The molecule has 2 aromatic carbocycles. The highest BCUT2D eigenvalue weighted by Gasteiger charge is 2.17. The second-order valence-corrected chi connectivity index (χ2v) is 6.14. The van der Waals surface area contributed by atoms with E-state index in [1.807, 2.05) is 12.1 Å². The topological polar surface area (TPSA) is 82.7 Å². The maximum atomic E-state index is 13.7. The van der Waals surface area contributed by atoms with E-state index in [1.165, 1.54) is 6.07 Å². The van der Waals surface area contributed by atoms with Gasteiger partial charge in [0.05, 0.1) is 5.52 Å². The Labute approximate surface area is 143 Å². The molecule has 1 aromatic heterocycles. The fraction of sp³-hybridized carbons (Fsp3) is 0.158. The third-order valence-electron chi connectivity index (χ3n) is 4.17. The lowest BCUT2D eigenvalue weighted by atomic mass is 9.96. The van der Waals surface area contributed by atoms with Crippen LogP contribution in [-0.4, -0.2) is 16.6 Å². The van der Waals surface area contributed by atoms with Crippen molar-refractivity contribution < 1.29 is 13.6 Å². The van der Waals surface area contributed by atoms with Crippen LogP contribution in [-0.2, 0) is 6.42 Å². The smallest absolute Gasteiger partial charge is 0.265 e. The Morgan fingerprint density at radius 1 is 1.20 bits per heavy atom. The Morgan fingerprint density at radius 3 is 2.52 bits per heavy atom. The second-order valence-electron chi connectivity index (χ2n) is 6.14. The minimum absolute atomic E-state index is 0.280. The summed E-state index contributed by atoms with van der Waals surface area (Å²) in [6.45, 7) is 3.47. The number of primary amides is 1. The second kappa shape index (κ2) is 6.12. The molecule has 0 bridgehead atoms. The van der Waals surface area contributed by atoms with Crippen molar-refractivity contribution in [1.82, 2.24) is 4.98 Å². The summed E-state index contributed by atoms with van der Waals surface area (Å²) in [4.78, 5) is 14.6. The van der Waals surface area contributed by atoms with Crippen LogP contribution >= 0.6 is 0 Å². The molecule has 0 unspecified atom stereocenters. The molecule has 0 aliphatic rings. The number of aryl methyl sites for hydroxylation is 1. The van der Waals surface area contributed by atoms with Crippen molar-refractivity contribution in [2.24, 2.45) is 5.73 Å². The van der Waals surface area contributed by atoms with E-state index >= 15 is 0 Å². The van der Waals surface area contributed by atoms with Gasteiger partial charge in [-0.3, -0.25) is 4.79 Å². The lowest BCUT2D eigenvalue weighted by Gasteiger charge is -2.09. The molecule has 4 N–H and O–H groups in total. The van der Waals surface area contributed by atoms with Gasteiger partial charge in [0.1, 0.15) is 5.69 Å². The van der Waals surface area contributed by atoms with Crippen molar-refractivity contribution >= 4 is 22.5 Å². The Hall–Kier alpha value is -3.02. The molecular weight excluding hydrogens is 324 g/mol. The number of aromatic nitrogens is 1. The fourth-order valence-electron chi connectivity index (χ4n) is 3.03. The molecule has 25 heavy (non-hydrogen) atoms. The van der Waals surface area contributed by atoms with Gasteiger partial charge >= 0.3 is 0 Å². The van der Waals surface area contributed by atoms with Crippen LogP contribution in [0.25, 0.3) is 22.0 Å². The molecule has 1 amide bonds. The van der Waals surface area contributed by atoms with E-state index in [0.717, 1.165) is 23.1 Å². The molecule has 0 aliphatic heterocycles. The van der Waals surface area contributed by atoms with Crippen molar-refractivity contribution in [2.75, 3.05) is 0 Å². The molecular formula is C19H17F2N3O. The van der Waals surface area contributed by atoms with E-state index in [0.29, 0.717) is 34.3 Å². The molecule has 1 heterocycles. The summed E-state index contributed by atoms with van der Waals surface area (Å²) in [7, 11) is 0. The van der Waals surface area contributed by atoms with Crippen molar-refractivity contribution in [3.8, 4) is 11.1 Å². The molecule has 0 spiro atoms. The number of rotatable bonds is 4. The Balaban J connectivity index is 2.34. The summed E-state index contributed by atoms with van der Waals surface area (Å²) >= 11 is 0. The number of H-pyrrole nitrogens is 1. The van der Waals surface area contributed by atoms with E-state index < -0.39 is 17.5 Å². The van der Waals surface area contributed by atoms with Gasteiger partial charge in [-0.2, -0.15) is 0 Å². The number of amides is 1. The lowest BCUT2D eigenvalue weighted by Crippen LogP contribution is -2.12. The van der Waals surface area contributed by atoms with Crippen LogP contribution in [0.3, 0.4) is 0 Å². The third-order valence-corrected chi connectivity index (χ3v) is 4.17. The van der Waals surface area contributed by atoms with Crippen LogP contribution in [0.2, 0.25) is 0 Å². The molecule has 128 valence electrons. The summed E-state index contributed by atoms with van der Waals surface area (Å²) in [5.74, 6) is -2.46. The Morgan fingerprint density at radius 2 is 1.92 bits per heavy atom. The number of fused-ring (bicyclic) bond motifs is 1. The minimum Gasteiger partial charge on any atom is -0.364 e. The normalized spacial score (nSPS) is 11.0. The largest absolute Gasteiger partial charge is 0.364 e. The number of hydrogen-bond acceptors (Lipinski definition) is 2. The van der Waals surface area contributed by atoms with Gasteiger partial charge in [-0.05, 0) is 54.8 Å². The van der Waals surface area contributed by atoms with E-state index in [-0.39, 0.29) is 5.69 Å². The third kappa shape index (κ3) is 3.03. The molecule has 0 radical (unpaired) electrons. The molecule has 0 fully saturated rings. The van der Waals surface area contributed by atoms with Crippen LogP contribution in [0.15, 0.2) is 30.3 Å². The van der Waals surface area contributed by atoms with Crippen molar-refractivity contribution in [1.29, 1.82) is 5.41 Å². The summed E-state index contributed by atoms with van der Waals surface area (Å²) in [6, 6.07) is 7.36. The van der Waals surface area contributed by atoms with Crippen molar-refractivity contribution in [3.05, 3.63) is 58.8 Å². The Kier molecular flexibility index (Phi) is 4.12. The average Bonchev–Trinajstić information content (AvgIpc) is 2.86. The molecule has 3 aromatic rings. The lowest BCUT2D eigenvalue weighted by molar-refractivity contribution is 0.0996. The number of hydrogen-bond donors (Lipinski definition) is 3. The van der Waals surface area contributed by atoms with Crippen molar-refractivity contribution in [2.45, 2.75) is 20.3 Å². The van der Waals surface area contributed by atoms with Crippen molar-refractivity contribution in [3.63, 3.8) is 0 Å². The molecule has 4 nitrogen and oxygen atoms in total. The van der Waals surface area contributed by atoms with E-state index in [9.17, 15) is 13.6 Å². The van der Waals surface area contributed by atoms with Crippen LogP contribution in [0, 0.1) is 24.0 Å². The summed E-state index contributed by atoms with van der Waals surface area (Å²) in [5.41, 5.74) is 9.44. The number of nitrogens with two attached hydrogens (primary N) is 1. The highest BCUT2D eigenvalue weighted by atomic mass is 19.2. The monoisotopic (exact) mass is 341 g/mol.